The van der Waals surface area contributed by atoms with E-state index in [9.17, 15) is 5.11 Å². The Morgan fingerprint density at radius 2 is 1.55 bits per heavy atom. The molecule has 10 heteroatoms. The van der Waals surface area contributed by atoms with Crippen molar-refractivity contribution in [2.75, 3.05) is 48.5 Å². The van der Waals surface area contributed by atoms with Gasteiger partial charge in [-0.25, -0.2) is 5.43 Å². The van der Waals surface area contributed by atoms with E-state index in [0.717, 1.165) is 51.9 Å². The van der Waals surface area contributed by atoms with Crippen molar-refractivity contribution in [3.63, 3.8) is 0 Å². The molecule has 3 heterocycles. The van der Waals surface area contributed by atoms with Crippen LogP contribution >= 0.6 is 11.6 Å². The molecule has 1 aromatic heterocycles. The molecule has 4 rings (SSSR count). The Balaban J connectivity index is 1.58. The molecule has 0 spiro atoms. The van der Waals surface area contributed by atoms with Gasteiger partial charge in [-0.1, -0.05) is 11.6 Å². The number of piperidine rings is 2. The molecule has 0 radical (unpaired) electrons. The Morgan fingerprint density at radius 1 is 0.968 bits per heavy atom. The number of hydrazone groups is 1. The van der Waals surface area contributed by atoms with Gasteiger partial charge in [-0.05, 0) is 44.6 Å². The third kappa shape index (κ3) is 5.28. The van der Waals surface area contributed by atoms with Crippen molar-refractivity contribution in [1.29, 1.82) is 0 Å². The monoisotopic (exact) mass is 445 g/mol. The lowest BCUT2D eigenvalue weighted by atomic mass is 10.1. The third-order valence-corrected chi connectivity index (χ3v) is 5.77. The van der Waals surface area contributed by atoms with E-state index in [1.54, 1.807) is 12.1 Å². The predicted octanol–water partition coefficient (Wildman–Crippen LogP) is 3.67. The van der Waals surface area contributed by atoms with Crippen LogP contribution in [0.25, 0.3) is 0 Å². The fraction of sp³-hybridized carbons (Fsp3) is 0.524. The maximum Gasteiger partial charge on any atom is 0.250 e. The highest BCUT2D eigenvalue weighted by Gasteiger charge is 2.20. The number of halogens is 1. The van der Waals surface area contributed by atoms with Gasteiger partial charge in [0.05, 0.1) is 13.3 Å². The number of rotatable bonds is 6. The average molecular weight is 446 g/mol. The molecule has 2 saturated heterocycles. The van der Waals surface area contributed by atoms with Gasteiger partial charge in [-0.2, -0.15) is 20.1 Å². The van der Waals surface area contributed by atoms with Gasteiger partial charge in [0.15, 0.2) is 11.5 Å². The van der Waals surface area contributed by atoms with Crippen LogP contribution in [0.15, 0.2) is 17.2 Å². The molecule has 0 atom stereocenters. The van der Waals surface area contributed by atoms with Crippen molar-refractivity contribution < 1.29 is 9.84 Å². The lowest BCUT2D eigenvalue weighted by Gasteiger charge is -2.30. The van der Waals surface area contributed by atoms with E-state index in [1.165, 1.54) is 26.2 Å². The van der Waals surface area contributed by atoms with Crippen molar-refractivity contribution in [3.05, 3.63) is 22.7 Å². The minimum absolute atomic E-state index is 0.0314. The zero-order valence-electron chi connectivity index (χ0n) is 17.7. The number of anilines is 3. The minimum Gasteiger partial charge on any atom is -0.504 e. The first-order valence-corrected chi connectivity index (χ1v) is 11.1. The fourth-order valence-corrected chi connectivity index (χ4v) is 4.10. The smallest absolute Gasteiger partial charge is 0.250 e. The zero-order valence-corrected chi connectivity index (χ0v) is 18.5. The highest BCUT2D eigenvalue weighted by molar-refractivity contribution is 6.31. The number of aromatic hydroxyl groups is 1. The molecule has 0 bridgehead atoms. The number of aromatic nitrogens is 3. The quantitative estimate of drug-likeness (QED) is 0.513. The van der Waals surface area contributed by atoms with Crippen LogP contribution in [-0.4, -0.2) is 59.6 Å². The summed E-state index contributed by atoms with van der Waals surface area (Å²) < 4.78 is 5.14. The van der Waals surface area contributed by atoms with Crippen LogP contribution in [0.5, 0.6) is 11.5 Å². The molecule has 166 valence electrons. The first-order chi connectivity index (χ1) is 15.1. The molecular weight excluding hydrogens is 418 g/mol. The topological polar surface area (TPSA) is 99.0 Å². The molecular formula is C21H28ClN7O2. The van der Waals surface area contributed by atoms with E-state index < -0.39 is 0 Å². The Hall–Kier alpha value is -2.81. The molecule has 0 amide bonds. The highest BCUT2D eigenvalue weighted by Crippen LogP contribution is 2.32. The van der Waals surface area contributed by atoms with Crippen LogP contribution in [0.4, 0.5) is 17.8 Å². The van der Waals surface area contributed by atoms with Gasteiger partial charge >= 0.3 is 0 Å². The SMILES string of the molecule is COc1cc(Cl)cc(/C=N\Nc2nc(N3CCCCC3)nc(N3CCCCC3)n2)c1O. The molecule has 31 heavy (non-hydrogen) atoms. The lowest BCUT2D eigenvalue weighted by Crippen LogP contribution is -2.34. The third-order valence-electron chi connectivity index (χ3n) is 5.55. The largest absolute Gasteiger partial charge is 0.504 e. The number of hydrogen-bond acceptors (Lipinski definition) is 9. The summed E-state index contributed by atoms with van der Waals surface area (Å²) in [5.41, 5.74) is 3.32. The highest BCUT2D eigenvalue weighted by atomic mass is 35.5. The van der Waals surface area contributed by atoms with Gasteiger partial charge in [0.25, 0.3) is 0 Å². The van der Waals surface area contributed by atoms with Crippen LogP contribution in [0.3, 0.4) is 0 Å². The first-order valence-electron chi connectivity index (χ1n) is 10.8. The predicted molar refractivity (Wildman–Crippen MR) is 123 cm³/mol. The standard InChI is InChI=1S/C21H28ClN7O2/c1-31-17-13-16(22)12-15(18(17)30)14-23-27-19-24-20(28-8-4-2-5-9-28)26-21(25-19)29-10-6-3-7-11-29/h12-14,30H,2-11H2,1H3,(H,24,25,26,27)/b23-14-. The number of nitrogens with zero attached hydrogens (tertiary/aromatic N) is 6. The number of ether oxygens (including phenoxy) is 1. The molecule has 2 aromatic rings. The lowest BCUT2D eigenvalue weighted by molar-refractivity contribution is 0.373. The summed E-state index contributed by atoms with van der Waals surface area (Å²) in [6.07, 6.45) is 8.51. The summed E-state index contributed by atoms with van der Waals surface area (Å²) in [7, 11) is 1.47. The summed E-state index contributed by atoms with van der Waals surface area (Å²) in [6, 6.07) is 3.15. The van der Waals surface area contributed by atoms with E-state index in [0.29, 0.717) is 28.4 Å². The van der Waals surface area contributed by atoms with Crippen LogP contribution < -0.4 is 20.0 Å². The van der Waals surface area contributed by atoms with Gasteiger partial charge in [0.2, 0.25) is 17.8 Å². The second-order valence-electron chi connectivity index (χ2n) is 7.77. The van der Waals surface area contributed by atoms with E-state index in [2.05, 4.69) is 30.3 Å². The van der Waals surface area contributed by atoms with Gasteiger partial charge in [0, 0.05) is 42.8 Å². The van der Waals surface area contributed by atoms with Crippen LogP contribution in [0.1, 0.15) is 44.1 Å². The molecule has 1 aromatic carbocycles. The number of hydrogen-bond donors (Lipinski definition) is 2. The maximum atomic E-state index is 10.3. The number of phenolic OH excluding ortho intramolecular Hbond substituents is 1. The van der Waals surface area contributed by atoms with E-state index in [1.807, 2.05) is 0 Å². The molecule has 2 N–H and O–H groups in total. The minimum atomic E-state index is -0.0314. The average Bonchev–Trinajstić information content (AvgIpc) is 2.82. The van der Waals surface area contributed by atoms with Gasteiger partial charge in [-0.3, -0.25) is 0 Å². The fourth-order valence-electron chi connectivity index (χ4n) is 3.88. The normalized spacial score (nSPS) is 17.2. The summed E-state index contributed by atoms with van der Waals surface area (Å²) >= 11 is 6.09. The Kier molecular flexibility index (Phi) is 6.91. The maximum absolute atomic E-state index is 10.3. The van der Waals surface area contributed by atoms with E-state index >= 15 is 0 Å². The Labute approximate surface area is 187 Å². The van der Waals surface area contributed by atoms with Crippen molar-refractivity contribution in [1.82, 2.24) is 15.0 Å². The van der Waals surface area contributed by atoms with Gasteiger partial charge in [0.1, 0.15) is 0 Å². The molecule has 0 saturated carbocycles. The molecule has 9 nitrogen and oxygen atoms in total. The molecule has 2 fully saturated rings. The molecule has 2 aliphatic heterocycles. The van der Waals surface area contributed by atoms with Crippen LogP contribution in [-0.2, 0) is 0 Å². The second kappa shape index (κ2) is 10.00. The number of benzene rings is 1. The summed E-state index contributed by atoms with van der Waals surface area (Å²) in [6.45, 7) is 3.79. The Morgan fingerprint density at radius 3 is 2.10 bits per heavy atom. The molecule has 2 aliphatic rings. The van der Waals surface area contributed by atoms with E-state index in [4.69, 9.17) is 21.3 Å². The zero-order chi connectivity index (χ0) is 21.6. The van der Waals surface area contributed by atoms with E-state index in [-0.39, 0.29) is 11.5 Å². The molecule has 0 aliphatic carbocycles. The van der Waals surface area contributed by atoms with Crippen molar-refractivity contribution in [3.8, 4) is 11.5 Å². The summed E-state index contributed by atoms with van der Waals surface area (Å²) in [5.74, 6) is 1.99. The summed E-state index contributed by atoms with van der Waals surface area (Å²) in [5, 5.41) is 14.9. The van der Waals surface area contributed by atoms with Crippen molar-refractivity contribution >= 4 is 35.7 Å². The molecule has 0 unspecified atom stereocenters. The van der Waals surface area contributed by atoms with Crippen LogP contribution in [0.2, 0.25) is 5.02 Å². The number of phenols is 1. The first kappa shape index (κ1) is 21.4. The van der Waals surface area contributed by atoms with Gasteiger partial charge < -0.3 is 19.6 Å². The summed E-state index contributed by atoms with van der Waals surface area (Å²) in [4.78, 5) is 18.4. The number of methoxy groups -OCH3 is 1. The van der Waals surface area contributed by atoms with Gasteiger partial charge in [-0.15, -0.1) is 0 Å². The van der Waals surface area contributed by atoms with Crippen molar-refractivity contribution in [2.45, 2.75) is 38.5 Å². The number of nitrogens with one attached hydrogen (secondary N) is 1. The van der Waals surface area contributed by atoms with Crippen LogP contribution in [0, 0.1) is 0 Å². The Bertz CT molecular complexity index is 892. The second-order valence-corrected chi connectivity index (χ2v) is 8.21. The van der Waals surface area contributed by atoms with Crippen molar-refractivity contribution in [2.24, 2.45) is 5.10 Å².